The fourth-order valence-electron chi connectivity index (χ4n) is 8.61. The molecule has 10 nitrogen and oxygen atoms in total. The van der Waals surface area contributed by atoms with E-state index in [0.717, 1.165) is 72.7 Å². The number of halogens is 2. The van der Waals surface area contributed by atoms with Crippen molar-refractivity contribution in [1.82, 2.24) is 19.1 Å². The van der Waals surface area contributed by atoms with Crippen molar-refractivity contribution < 1.29 is 57.8 Å². The molecule has 0 spiro atoms. The van der Waals surface area contributed by atoms with Crippen molar-refractivity contribution in [3.05, 3.63) is 228 Å². The minimum Gasteiger partial charge on any atom is -0.489 e. The van der Waals surface area contributed by atoms with Crippen molar-refractivity contribution in [2.24, 2.45) is 0 Å². The molecule has 0 unspecified atom stereocenters. The van der Waals surface area contributed by atoms with Gasteiger partial charge in [-0.3, -0.25) is 8.78 Å². The normalized spacial score (nSPS) is 11.0. The minimum absolute atomic E-state index is 0. The smallest absolute Gasteiger partial charge is 0.358 e. The summed E-state index contributed by atoms with van der Waals surface area (Å²) in [5, 5.41) is 14.2. The Morgan fingerprint density at radius 1 is 0.600 bits per heavy atom. The molecule has 347 valence electrons. The van der Waals surface area contributed by atoms with E-state index in [4.69, 9.17) is 14.2 Å². The second-order valence-electron chi connectivity index (χ2n) is 15.9. The molecule has 0 aliphatic heterocycles. The number of methoxy groups -OCH3 is 1. The van der Waals surface area contributed by atoms with E-state index in [1.165, 1.54) is 19.4 Å². The molecule has 0 amide bonds. The molecular formula is C57H39F2IrN4O6-. The third kappa shape index (κ3) is 9.36. The number of hydrogen-bond donors (Lipinski definition) is 1. The van der Waals surface area contributed by atoms with Crippen LogP contribution >= 0.6 is 0 Å². The number of benzene rings is 7. The number of esters is 1. The van der Waals surface area contributed by atoms with Gasteiger partial charge in [-0.25, -0.2) is 14.6 Å². The van der Waals surface area contributed by atoms with Gasteiger partial charge in [0.1, 0.15) is 19.0 Å². The largest absolute Gasteiger partial charge is 0.489 e. The molecule has 7 aromatic carbocycles. The number of fused-ring (bicyclic) bond motifs is 6. The maximum Gasteiger partial charge on any atom is 0.358 e. The number of para-hydroxylation sites is 4. The summed E-state index contributed by atoms with van der Waals surface area (Å²) < 4.78 is 47.8. The van der Waals surface area contributed by atoms with E-state index in [1.54, 1.807) is 48.7 Å². The van der Waals surface area contributed by atoms with Crippen molar-refractivity contribution in [3.8, 4) is 34.1 Å². The second-order valence-corrected chi connectivity index (χ2v) is 15.9. The summed E-state index contributed by atoms with van der Waals surface area (Å²) in [6.45, 7) is 0.139. The summed E-state index contributed by atoms with van der Waals surface area (Å²) in [6, 6.07) is 57.9. The van der Waals surface area contributed by atoms with E-state index < -0.39 is 23.6 Å². The van der Waals surface area contributed by atoms with Crippen LogP contribution in [-0.2, 0) is 38.1 Å². The molecule has 0 aliphatic rings. The molecule has 0 bridgehead atoms. The number of rotatable bonds is 11. The fraction of sp³-hybridized carbons (Fsp3) is 0.0526. The van der Waals surface area contributed by atoms with Gasteiger partial charge in [0.25, 0.3) is 0 Å². The summed E-state index contributed by atoms with van der Waals surface area (Å²) in [6.07, 6.45) is 2.94. The van der Waals surface area contributed by atoms with Gasteiger partial charge in [-0.1, -0.05) is 96.6 Å². The van der Waals surface area contributed by atoms with Crippen molar-refractivity contribution in [2.75, 3.05) is 7.11 Å². The molecule has 0 atom stereocenters. The number of carboxylic acid groups (broad SMARTS) is 1. The summed E-state index contributed by atoms with van der Waals surface area (Å²) in [7, 11) is 1.32. The number of carboxylic acids is 1. The molecule has 70 heavy (non-hydrogen) atoms. The van der Waals surface area contributed by atoms with Gasteiger partial charge >= 0.3 is 11.9 Å². The average molecular weight is 1110 g/mol. The first kappa shape index (κ1) is 46.6. The number of ether oxygens (including phenoxy) is 3. The summed E-state index contributed by atoms with van der Waals surface area (Å²) in [4.78, 5) is 32.4. The Hall–Kier alpha value is -8.51. The maximum atomic E-state index is 13.2. The van der Waals surface area contributed by atoms with Crippen molar-refractivity contribution >= 4 is 55.6 Å². The van der Waals surface area contributed by atoms with Crippen LogP contribution in [0.25, 0.3) is 66.2 Å². The number of hydrogen-bond acceptors (Lipinski definition) is 7. The maximum absolute atomic E-state index is 13.2. The van der Waals surface area contributed by atoms with Gasteiger partial charge in [-0.05, 0) is 95.7 Å². The van der Waals surface area contributed by atoms with Crippen LogP contribution in [0.3, 0.4) is 0 Å². The van der Waals surface area contributed by atoms with Crippen LogP contribution in [0.1, 0.15) is 32.0 Å². The summed E-state index contributed by atoms with van der Waals surface area (Å²) in [5.41, 5.74) is 8.49. The molecule has 0 saturated carbocycles. The standard InChI is InChI=1S/C46H33N3O6.C11H6F2N.Ir/c1-53-46(52)31-21-29(28-55-43-19-10-20-47-44(43)45(50)51)24-34(25-31)54-27-30-22-32(48-39-15-6-2-11-35(39)36-12-3-7-16-40(36)48)26-33(23-30)49-41-17-8-4-13-37(41)38-14-5-9-18-42(38)49;12-8-4-5-9(10(13)7-8)11-3-1-2-6-14-11;/h2-26H,27-28H2,1H3,(H,50,51);1-4,6-7H;/q;-1;. The van der Waals surface area contributed by atoms with Crippen LogP contribution in [0, 0.1) is 17.7 Å². The van der Waals surface area contributed by atoms with Gasteiger partial charge in [-0.15, -0.1) is 12.1 Å². The van der Waals surface area contributed by atoms with Crippen molar-refractivity contribution in [3.63, 3.8) is 0 Å². The SMILES string of the molecule is COC(=O)c1cc(COc2cccnc2C(=O)O)cc(OCc2cc(-n3c4ccccc4c4ccccc43)cc(-n3c4ccccc4c4ccccc43)c2)c1.Fc1c[c-]c(-c2ccccn2)c(F)c1.[Ir]. The minimum atomic E-state index is -1.20. The Morgan fingerprint density at radius 2 is 1.13 bits per heavy atom. The third-order valence-corrected chi connectivity index (χ3v) is 11.6. The predicted molar refractivity (Wildman–Crippen MR) is 261 cm³/mol. The molecule has 11 rings (SSSR count). The average Bonchev–Trinajstić information content (AvgIpc) is 3.91. The van der Waals surface area contributed by atoms with Crippen LogP contribution in [0.4, 0.5) is 8.78 Å². The third-order valence-electron chi connectivity index (χ3n) is 11.6. The van der Waals surface area contributed by atoms with E-state index in [1.807, 2.05) is 0 Å². The molecule has 1 radical (unpaired) electrons. The summed E-state index contributed by atoms with van der Waals surface area (Å²) in [5.74, 6) is -2.49. The second kappa shape index (κ2) is 20.4. The van der Waals surface area contributed by atoms with E-state index in [0.29, 0.717) is 17.0 Å². The molecule has 13 heteroatoms. The fourth-order valence-corrected chi connectivity index (χ4v) is 8.61. The molecule has 0 fully saturated rings. The molecule has 0 aliphatic carbocycles. The number of carbonyl (C=O) groups is 2. The van der Waals surface area contributed by atoms with Crippen LogP contribution < -0.4 is 9.47 Å². The predicted octanol–water partition coefficient (Wildman–Crippen LogP) is 12.7. The molecule has 0 saturated heterocycles. The van der Waals surface area contributed by atoms with Crippen LogP contribution in [0.15, 0.2) is 188 Å². The molecule has 4 heterocycles. The van der Waals surface area contributed by atoms with Gasteiger partial charge in [0, 0.05) is 77.1 Å². The number of pyridine rings is 2. The molecule has 11 aromatic rings. The topological polar surface area (TPSA) is 118 Å². The number of aromatic nitrogens is 4. The van der Waals surface area contributed by atoms with Crippen molar-refractivity contribution in [1.29, 1.82) is 0 Å². The van der Waals surface area contributed by atoms with Crippen LogP contribution in [0.2, 0.25) is 0 Å². The molecular weight excluding hydrogens is 1070 g/mol. The van der Waals surface area contributed by atoms with Gasteiger partial charge in [0.05, 0.1) is 34.7 Å². The first-order valence-corrected chi connectivity index (χ1v) is 21.8. The van der Waals surface area contributed by atoms with Gasteiger partial charge in [-0.2, -0.15) is 0 Å². The zero-order valence-electron chi connectivity index (χ0n) is 37.2. The first-order chi connectivity index (χ1) is 33.7. The monoisotopic (exact) mass is 1110 g/mol. The van der Waals surface area contributed by atoms with Crippen LogP contribution in [-0.4, -0.2) is 43.3 Å². The summed E-state index contributed by atoms with van der Waals surface area (Å²) >= 11 is 0. The Kier molecular flexibility index (Phi) is 13.6. The number of carbonyl (C=O) groups excluding carboxylic acids is 1. The van der Waals surface area contributed by atoms with Gasteiger partial charge < -0.3 is 33.4 Å². The Labute approximate surface area is 413 Å². The van der Waals surface area contributed by atoms with Gasteiger partial charge in [0.15, 0.2) is 11.4 Å². The Balaban J connectivity index is 0.000000348. The zero-order valence-corrected chi connectivity index (χ0v) is 39.6. The quantitative estimate of drug-likeness (QED) is 0.101. The van der Waals surface area contributed by atoms with E-state index in [-0.39, 0.29) is 55.9 Å². The van der Waals surface area contributed by atoms with Crippen molar-refractivity contribution in [2.45, 2.75) is 13.2 Å². The van der Waals surface area contributed by atoms with E-state index >= 15 is 0 Å². The van der Waals surface area contributed by atoms with Crippen LogP contribution in [0.5, 0.6) is 11.5 Å². The van der Waals surface area contributed by atoms with E-state index in [2.05, 4.69) is 140 Å². The van der Waals surface area contributed by atoms with E-state index in [9.17, 15) is 23.5 Å². The zero-order chi connectivity index (χ0) is 47.4. The Morgan fingerprint density at radius 3 is 1.66 bits per heavy atom. The number of aromatic carboxylic acids is 1. The molecule has 1 N–H and O–H groups in total. The Bertz CT molecular complexity index is 3490. The van der Waals surface area contributed by atoms with Gasteiger partial charge in [0.2, 0.25) is 0 Å². The number of nitrogens with zero attached hydrogens (tertiary/aromatic N) is 4. The first-order valence-electron chi connectivity index (χ1n) is 21.8. The molecule has 4 aromatic heterocycles.